The summed E-state index contributed by atoms with van der Waals surface area (Å²) in [5.74, 6) is 0. The molecule has 0 saturated heterocycles. The first-order valence-electron chi connectivity index (χ1n) is 6.04. The number of hydrogen-bond acceptors (Lipinski definition) is 1. The van der Waals surface area contributed by atoms with Crippen LogP contribution in [0.2, 0.25) is 0 Å². The van der Waals surface area contributed by atoms with E-state index in [1.807, 2.05) is 0 Å². The first-order chi connectivity index (χ1) is 9.28. The van der Waals surface area contributed by atoms with Gasteiger partial charge in [-0.25, -0.2) is 0 Å². The van der Waals surface area contributed by atoms with Crippen LogP contribution < -0.4 is 4.90 Å². The molecule has 0 atom stereocenters. The molecule has 1 heterocycles. The standard InChI is InChI=1S/C14H13F6N/c1-7-12(2,3)11-9(14(18,19)20)5-8(13(15,16)17)6-10(11)21(7)4/h5-6H,1H2,2-4H3. The van der Waals surface area contributed by atoms with Crippen molar-refractivity contribution < 1.29 is 26.3 Å². The third-order valence-electron chi connectivity index (χ3n) is 3.86. The van der Waals surface area contributed by atoms with Crippen LogP contribution in [0.5, 0.6) is 0 Å². The van der Waals surface area contributed by atoms with Gasteiger partial charge in [-0.3, -0.25) is 0 Å². The van der Waals surface area contributed by atoms with Crippen molar-refractivity contribution in [1.29, 1.82) is 0 Å². The number of hydrogen-bond donors (Lipinski definition) is 0. The van der Waals surface area contributed by atoms with Gasteiger partial charge in [0, 0.05) is 23.8 Å². The number of allylic oxidation sites excluding steroid dienone is 1. The second-order valence-corrected chi connectivity index (χ2v) is 5.54. The van der Waals surface area contributed by atoms with E-state index in [9.17, 15) is 26.3 Å². The molecule has 0 aromatic heterocycles. The van der Waals surface area contributed by atoms with Crippen LogP contribution in [0.1, 0.15) is 30.5 Å². The third-order valence-corrected chi connectivity index (χ3v) is 3.86. The molecule has 1 aromatic carbocycles. The molecule has 0 spiro atoms. The van der Waals surface area contributed by atoms with E-state index < -0.39 is 28.9 Å². The summed E-state index contributed by atoms with van der Waals surface area (Å²) in [7, 11) is 1.41. The molecule has 0 unspecified atom stereocenters. The molecule has 1 nitrogen and oxygen atoms in total. The number of benzene rings is 1. The van der Waals surface area contributed by atoms with E-state index in [1.165, 1.54) is 25.8 Å². The molecule has 1 aliphatic heterocycles. The molecule has 0 N–H and O–H groups in total. The first-order valence-corrected chi connectivity index (χ1v) is 6.04. The second kappa shape index (κ2) is 4.18. The molecule has 0 saturated carbocycles. The highest BCUT2D eigenvalue weighted by Crippen LogP contribution is 2.52. The maximum atomic E-state index is 13.2. The summed E-state index contributed by atoms with van der Waals surface area (Å²) in [6.45, 7) is 6.72. The lowest BCUT2D eigenvalue weighted by Gasteiger charge is -2.24. The predicted octanol–water partition coefficient (Wildman–Crippen LogP) is 4.97. The molecule has 116 valence electrons. The highest BCUT2D eigenvalue weighted by Gasteiger charge is 2.48. The Kier molecular flexibility index (Phi) is 3.13. The van der Waals surface area contributed by atoms with Gasteiger partial charge in [-0.2, -0.15) is 26.3 Å². The molecule has 2 rings (SSSR count). The summed E-state index contributed by atoms with van der Waals surface area (Å²) >= 11 is 0. The van der Waals surface area contributed by atoms with Crippen LogP contribution in [-0.4, -0.2) is 7.05 Å². The number of halogens is 6. The van der Waals surface area contributed by atoms with Crippen molar-refractivity contribution in [2.75, 3.05) is 11.9 Å². The van der Waals surface area contributed by atoms with Gasteiger partial charge in [0.25, 0.3) is 0 Å². The Morgan fingerprint density at radius 2 is 1.52 bits per heavy atom. The van der Waals surface area contributed by atoms with Crippen LogP contribution in [-0.2, 0) is 17.8 Å². The van der Waals surface area contributed by atoms with E-state index in [0.717, 1.165) is 6.07 Å². The molecule has 21 heavy (non-hydrogen) atoms. The number of likely N-dealkylation sites (N-methyl/N-ethyl adjacent to an activating group) is 1. The van der Waals surface area contributed by atoms with Crippen molar-refractivity contribution in [1.82, 2.24) is 0 Å². The Morgan fingerprint density at radius 3 is 1.95 bits per heavy atom. The van der Waals surface area contributed by atoms with Crippen molar-refractivity contribution in [2.24, 2.45) is 0 Å². The Hall–Kier alpha value is -1.66. The summed E-state index contributed by atoms with van der Waals surface area (Å²) in [5.41, 5.74) is -3.61. The summed E-state index contributed by atoms with van der Waals surface area (Å²) < 4.78 is 78.1. The Bertz CT molecular complexity index is 609. The lowest BCUT2D eigenvalue weighted by molar-refractivity contribution is -0.143. The van der Waals surface area contributed by atoms with Gasteiger partial charge in [0.15, 0.2) is 0 Å². The van der Waals surface area contributed by atoms with Crippen molar-refractivity contribution in [2.45, 2.75) is 31.6 Å². The number of rotatable bonds is 0. The topological polar surface area (TPSA) is 3.24 Å². The zero-order chi connectivity index (χ0) is 16.4. The first kappa shape index (κ1) is 15.7. The quantitative estimate of drug-likeness (QED) is 0.612. The van der Waals surface area contributed by atoms with Gasteiger partial charge in [-0.15, -0.1) is 0 Å². The highest BCUT2D eigenvalue weighted by molar-refractivity contribution is 5.73. The Morgan fingerprint density at radius 1 is 1.00 bits per heavy atom. The minimum absolute atomic E-state index is 0.104. The van der Waals surface area contributed by atoms with Gasteiger partial charge < -0.3 is 4.90 Å². The third kappa shape index (κ3) is 2.28. The highest BCUT2D eigenvalue weighted by atomic mass is 19.4. The molecular weight excluding hydrogens is 296 g/mol. The van der Waals surface area contributed by atoms with E-state index in [2.05, 4.69) is 6.58 Å². The zero-order valence-electron chi connectivity index (χ0n) is 11.6. The molecule has 0 aliphatic carbocycles. The number of anilines is 1. The van der Waals surface area contributed by atoms with E-state index >= 15 is 0 Å². The molecule has 1 aromatic rings. The van der Waals surface area contributed by atoms with Crippen LogP contribution >= 0.6 is 0 Å². The minimum atomic E-state index is -4.87. The van der Waals surface area contributed by atoms with Crippen LogP contribution in [0.15, 0.2) is 24.4 Å². The lowest BCUT2D eigenvalue weighted by atomic mass is 9.81. The van der Waals surface area contributed by atoms with Gasteiger partial charge in [0.2, 0.25) is 0 Å². The van der Waals surface area contributed by atoms with Gasteiger partial charge in [0.05, 0.1) is 11.1 Å². The molecule has 1 aliphatic rings. The molecule has 0 bridgehead atoms. The summed E-state index contributed by atoms with van der Waals surface area (Å²) in [5, 5.41) is 0. The molecule has 0 radical (unpaired) electrons. The fourth-order valence-electron chi connectivity index (χ4n) is 2.64. The average Bonchev–Trinajstić information content (AvgIpc) is 2.48. The van der Waals surface area contributed by atoms with Crippen LogP contribution in [0.4, 0.5) is 32.0 Å². The van der Waals surface area contributed by atoms with Gasteiger partial charge in [0.1, 0.15) is 0 Å². The molecule has 0 amide bonds. The maximum Gasteiger partial charge on any atom is 0.416 e. The maximum absolute atomic E-state index is 13.2. The fraction of sp³-hybridized carbons (Fsp3) is 0.429. The molecule has 7 heteroatoms. The van der Waals surface area contributed by atoms with E-state index in [4.69, 9.17) is 0 Å². The monoisotopic (exact) mass is 309 g/mol. The van der Waals surface area contributed by atoms with Crippen molar-refractivity contribution in [3.05, 3.63) is 41.1 Å². The molecule has 0 fully saturated rings. The van der Waals surface area contributed by atoms with Crippen LogP contribution in [0.25, 0.3) is 0 Å². The SMILES string of the molecule is C=C1N(C)c2cc(C(F)(F)F)cc(C(F)(F)F)c2C1(C)C. The van der Waals surface area contributed by atoms with E-state index in [-0.39, 0.29) is 17.3 Å². The fourth-order valence-corrected chi connectivity index (χ4v) is 2.64. The lowest BCUT2D eigenvalue weighted by Crippen LogP contribution is -2.23. The Labute approximate surface area is 117 Å². The van der Waals surface area contributed by atoms with Gasteiger partial charge in [-0.05, 0) is 17.7 Å². The average molecular weight is 309 g/mol. The predicted molar refractivity (Wildman–Crippen MR) is 67.0 cm³/mol. The number of nitrogens with zero attached hydrogens (tertiary/aromatic N) is 1. The smallest absolute Gasteiger partial charge is 0.348 e. The second-order valence-electron chi connectivity index (χ2n) is 5.54. The van der Waals surface area contributed by atoms with Crippen LogP contribution in [0.3, 0.4) is 0 Å². The minimum Gasteiger partial charge on any atom is -0.348 e. The normalized spacial score (nSPS) is 18.1. The van der Waals surface area contributed by atoms with E-state index in [1.54, 1.807) is 0 Å². The van der Waals surface area contributed by atoms with E-state index in [0.29, 0.717) is 5.70 Å². The van der Waals surface area contributed by atoms with Crippen molar-refractivity contribution in [3.63, 3.8) is 0 Å². The summed E-state index contributed by atoms with van der Waals surface area (Å²) in [6.07, 6.45) is -9.71. The van der Waals surface area contributed by atoms with Crippen molar-refractivity contribution in [3.8, 4) is 0 Å². The molecular formula is C14H13F6N. The van der Waals surface area contributed by atoms with Crippen LogP contribution in [0, 0.1) is 0 Å². The summed E-state index contributed by atoms with van der Waals surface area (Å²) in [6, 6.07) is 0.914. The summed E-state index contributed by atoms with van der Waals surface area (Å²) in [4.78, 5) is 1.28. The van der Waals surface area contributed by atoms with Crippen molar-refractivity contribution >= 4 is 5.69 Å². The largest absolute Gasteiger partial charge is 0.416 e. The number of alkyl halides is 6. The van der Waals surface area contributed by atoms with Gasteiger partial charge in [-0.1, -0.05) is 20.4 Å². The number of fused-ring (bicyclic) bond motifs is 1. The Balaban J connectivity index is 2.87. The zero-order valence-corrected chi connectivity index (χ0v) is 11.6. The van der Waals surface area contributed by atoms with Gasteiger partial charge >= 0.3 is 12.4 Å².